The molecule has 0 fully saturated rings. The third kappa shape index (κ3) is 41.0. The molecule has 0 aromatic rings. The molecule has 0 atom stereocenters. The summed E-state index contributed by atoms with van der Waals surface area (Å²) in [6, 6.07) is 0. The Morgan fingerprint density at radius 2 is 0.500 bits per heavy atom. The zero-order valence-corrected chi connectivity index (χ0v) is 29.0. The average molecular weight is 687 g/mol. The minimum absolute atomic E-state index is 0. The summed E-state index contributed by atoms with van der Waals surface area (Å²) in [5.74, 6) is 0. The number of rotatable bonds is 24. The first-order valence-corrected chi connectivity index (χ1v) is 18.5. The fourth-order valence-electron chi connectivity index (χ4n) is 2.04. The first-order valence-electron chi connectivity index (χ1n) is 14.2. The van der Waals surface area contributed by atoms with Crippen LogP contribution in [0.25, 0.3) is 0 Å². The Bertz CT molecular complexity index is 531. The molecule has 40 heavy (non-hydrogen) atoms. The number of unbranched alkanes of at least 4 members (excludes halogenated alkanes) is 6. The van der Waals surface area contributed by atoms with E-state index in [0.717, 1.165) is 77.0 Å². The normalized spacial score (nSPS) is 11.6. The van der Waals surface area contributed by atoms with Crippen LogP contribution in [0.4, 0.5) is 0 Å². The van der Waals surface area contributed by atoms with Crippen molar-refractivity contribution in [1.82, 2.24) is 0 Å². The van der Waals surface area contributed by atoms with Gasteiger partial charge < -0.3 is 41.8 Å². The molecular weight excluding hydrogens is 632 g/mol. The van der Waals surface area contributed by atoms with Gasteiger partial charge in [-0.3, -0.25) is 13.7 Å². The molecule has 0 aromatic heterocycles. The van der Waals surface area contributed by atoms with Gasteiger partial charge in [-0.15, -0.1) is 0 Å². The first kappa shape index (κ1) is 47.8. The van der Waals surface area contributed by atoms with Crippen LogP contribution in [0, 0.1) is 0 Å². The van der Waals surface area contributed by atoms with E-state index in [4.69, 9.17) is 0 Å². The molecule has 0 amide bonds. The van der Waals surface area contributed by atoms with Crippen molar-refractivity contribution in [1.29, 1.82) is 0 Å². The van der Waals surface area contributed by atoms with Crippen LogP contribution in [0.1, 0.15) is 119 Å². The van der Waals surface area contributed by atoms with E-state index in [1.165, 1.54) is 0 Å². The molecule has 0 aromatic carbocycles. The van der Waals surface area contributed by atoms with E-state index < -0.39 is 23.5 Å². The van der Waals surface area contributed by atoms with Crippen molar-refractivity contribution in [3.8, 4) is 0 Å². The molecule has 12 nitrogen and oxygen atoms in total. The fourth-order valence-corrected chi connectivity index (χ4v) is 4.38. The Kier molecular flexibility index (Phi) is 39.1. The minimum Gasteiger partial charge on any atom is -0.756 e. The Hall–Kier alpha value is 0.836. The summed E-state index contributed by atoms with van der Waals surface area (Å²) in [5, 5.41) is 0. The molecule has 0 spiro atoms. The van der Waals surface area contributed by atoms with Gasteiger partial charge in [0, 0.05) is 0 Å². The molecule has 0 rings (SSSR count). The van der Waals surface area contributed by atoms with Gasteiger partial charge >= 0.3 is 16.8 Å². The minimum atomic E-state index is -4.00. The molecule has 0 saturated heterocycles. The zero-order valence-electron chi connectivity index (χ0n) is 25.3. The van der Waals surface area contributed by atoms with Crippen LogP contribution in [0.5, 0.6) is 0 Å². The second-order valence-electron chi connectivity index (χ2n) is 8.46. The van der Waals surface area contributed by atoms with Gasteiger partial charge in [0.15, 0.2) is 0 Å². The molecule has 246 valence electrons. The summed E-state index contributed by atoms with van der Waals surface area (Å²) in [5.41, 5.74) is 0. The molecule has 0 unspecified atom stereocenters. The van der Waals surface area contributed by atoms with Crippen molar-refractivity contribution in [2.75, 3.05) is 39.6 Å². The Morgan fingerprint density at radius 1 is 0.375 bits per heavy atom. The van der Waals surface area contributed by atoms with Crippen LogP contribution < -0.4 is 14.7 Å². The molecule has 0 bridgehead atoms. The third-order valence-corrected chi connectivity index (χ3v) is 7.48. The van der Waals surface area contributed by atoms with Crippen molar-refractivity contribution < 1.29 is 72.3 Å². The molecule has 0 N–H and O–H groups in total. The van der Waals surface area contributed by atoms with E-state index in [9.17, 15) is 28.4 Å². The fraction of sp³-hybridized carbons (Fsp3) is 1.00. The summed E-state index contributed by atoms with van der Waals surface area (Å²) >= 11 is 0. The van der Waals surface area contributed by atoms with Gasteiger partial charge in [0.25, 0.3) is 23.5 Å². The monoisotopic (exact) mass is 686 g/mol. The van der Waals surface area contributed by atoms with Gasteiger partial charge in [-0.25, -0.2) is 0 Å². The van der Waals surface area contributed by atoms with E-state index >= 15 is 0 Å². The van der Waals surface area contributed by atoms with E-state index in [1.807, 2.05) is 41.5 Å². The summed E-state index contributed by atoms with van der Waals surface area (Å²) in [6.45, 7) is 13.2. The molecule has 0 aliphatic rings. The number of phosphoric acid groups is 3. The summed E-state index contributed by atoms with van der Waals surface area (Å²) in [4.78, 5) is 32.9. The van der Waals surface area contributed by atoms with Crippen LogP contribution in [0.3, 0.4) is 0 Å². The van der Waals surface area contributed by atoms with Crippen molar-refractivity contribution in [2.24, 2.45) is 0 Å². The predicted octanol–water partition coefficient (Wildman–Crippen LogP) is 6.26. The van der Waals surface area contributed by atoms with E-state index in [0.29, 0.717) is 0 Å². The third-order valence-electron chi connectivity index (χ3n) is 4.48. The molecular formula is C24H54CoO12P3. The second kappa shape index (κ2) is 32.7. The molecule has 0 aliphatic heterocycles. The van der Waals surface area contributed by atoms with Crippen LogP contribution >= 0.6 is 23.5 Å². The van der Waals surface area contributed by atoms with Crippen LogP contribution in [0.2, 0.25) is 0 Å². The van der Waals surface area contributed by atoms with Gasteiger partial charge in [-0.05, 0) is 38.5 Å². The van der Waals surface area contributed by atoms with E-state index in [2.05, 4.69) is 27.1 Å². The van der Waals surface area contributed by atoms with Crippen molar-refractivity contribution in [3.05, 3.63) is 0 Å². The smallest absolute Gasteiger partial charge is 0.756 e. The van der Waals surface area contributed by atoms with E-state index in [-0.39, 0.29) is 56.4 Å². The quantitative estimate of drug-likeness (QED) is 0.0824. The SMILES string of the molecule is CCCCOP(=O)([O-])OCCCC.CCCCOP(=O)([O-])OCCCC.CCCCOP(=O)([O-])OCCCC.[Co+3]. The number of phosphoric ester groups is 3. The van der Waals surface area contributed by atoms with E-state index in [1.54, 1.807) is 0 Å². The second-order valence-corrected chi connectivity index (χ2v) is 12.7. The number of hydrogen-bond donors (Lipinski definition) is 0. The van der Waals surface area contributed by atoms with Crippen LogP contribution in [-0.4, -0.2) is 39.6 Å². The number of hydrogen-bond acceptors (Lipinski definition) is 12. The predicted molar refractivity (Wildman–Crippen MR) is 148 cm³/mol. The van der Waals surface area contributed by atoms with Crippen molar-refractivity contribution in [2.45, 2.75) is 119 Å². The molecule has 0 heterocycles. The Morgan fingerprint density at radius 3 is 0.600 bits per heavy atom. The summed E-state index contributed by atoms with van der Waals surface area (Å²) in [6.07, 6.45) is 9.91. The van der Waals surface area contributed by atoms with Crippen molar-refractivity contribution >= 4 is 23.5 Å². The topological polar surface area (TPSA) is 176 Å². The molecule has 0 aliphatic carbocycles. The summed E-state index contributed by atoms with van der Waals surface area (Å²) < 4.78 is 60.5. The Balaban J connectivity index is -0.000000240. The average Bonchev–Trinajstić information content (AvgIpc) is 2.85. The zero-order chi connectivity index (χ0) is 30.5. The maximum absolute atomic E-state index is 11.0. The van der Waals surface area contributed by atoms with Crippen LogP contribution in [-0.2, 0) is 57.6 Å². The first-order chi connectivity index (χ1) is 18.4. The maximum Gasteiger partial charge on any atom is 3.00 e. The standard InChI is InChI=1S/3C8H19O4P.Co/c3*1-3-5-7-11-13(9,10)12-8-6-4-2;/h3*3-8H2,1-2H3,(H,9,10);/q;;;+3/p-3. The Labute approximate surface area is 253 Å². The molecule has 0 saturated carbocycles. The van der Waals surface area contributed by atoms with Crippen LogP contribution in [0.15, 0.2) is 0 Å². The van der Waals surface area contributed by atoms with Gasteiger partial charge in [-0.2, -0.15) is 0 Å². The van der Waals surface area contributed by atoms with Crippen molar-refractivity contribution in [3.63, 3.8) is 0 Å². The summed E-state index contributed by atoms with van der Waals surface area (Å²) in [7, 11) is -12.0. The van der Waals surface area contributed by atoms with Gasteiger partial charge in [-0.1, -0.05) is 80.1 Å². The molecule has 16 heteroatoms. The largest absolute Gasteiger partial charge is 3.00 e. The molecule has 0 radical (unpaired) electrons. The van der Waals surface area contributed by atoms with Gasteiger partial charge in [0.2, 0.25) is 0 Å². The van der Waals surface area contributed by atoms with Gasteiger partial charge in [0.05, 0.1) is 39.6 Å². The van der Waals surface area contributed by atoms with Gasteiger partial charge in [0.1, 0.15) is 0 Å². The maximum atomic E-state index is 11.0.